The molecular formula is C22H20ClF5N4O4. The Hall–Kier alpha value is -3.06. The van der Waals surface area contributed by atoms with Gasteiger partial charge in [-0.2, -0.15) is 0 Å². The third-order valence-electron chi connectivity index (χ3n) is 6.24. The van der Waals surface area contributed by atoms with E-state index in [1.54, 1.807) is 0 Å². The summed E-state index contributed by atoms with van der Waals surface area (Å²) < 4.78 is 76.5. The van der Waals surface area contributed by atoms with Crippen molar-refractivity contribution in [2.45, 2.75) is 62.0 Å². The van der Waals surface area contributed by atoms with Gasteiger partial charge in [-0.3, -0.25) is 14.5 Å². The molecule has 36 heavy (non-hydrogen) atoms. The lowest BCUT2D eigenvalue weighted by Gasteiger charge is -2.41. The molecular weight excluding hydrogens is 515 g/mol. The van der Waals surface area contributed by atoms with Crippen molar-refractivity contribution in [3.63, 3.8) is 0 Å². The van der Waals surface area contributed by atoms with Gasteiger partial charge in [0.2, 0.25) is 0 Å². The number of nitrogens with one attached hydrogen (secondary N) is 1. The largest absolute Gasteiger partial charge is 0.573 e. The maximum Gasteiger partial charge on any atom is 0.573 e. The third kappa shape index (κ3) is 5.07. The van der Waals surface area contributed by atoms with E-state index in [2.05, 4.69) is 20.0 Å². The van der Waals surface area contributed by atoms with Crippen molar-refractivity contribution < 1.29 is 41.0 Å². The van der Waals surface area contributed by atoms with E-state index in [9.17, 15) is 27.2 Å². The van der Waals surface area contributed by atoms with Crippen molar-refractivity contribution in [1.29, 1.82) is 0 Å². The van der Waals surface area contributed by atoms with Crippen LogP contribution in [-0.4, -0.2) is 52.0 Å². The second-order valence-electron chi connectivity index (χ2n) is 8.52. The summed E-state index contributed by atoms with van der Waals surface area (Å²) in [4.78, 5) is 34.8. The number of hydrogen-bond acceptors (Lipinski definition) is 6. The Morgan fingerprint density at radius 1 is 1.25 bits per heavy atom. The lowest BCUT2D eigenvalue weighted by molar-refractivity contribution is -0.274. The predicted octanol–water partition coefficient (Wildman–Crippen LogP) is 3.73. The van der Waals surface area contributed by atoms with Crippen LogP contribution in [0.2, 0.25) is 0 Å². The van der Waals surface area contributed by atoms with Crippen LogP contribution in [0, 0.1) is 5.82 Å². The third-order valence-corrected chi connectivity index (χ3v) is 6.42. The topological polar surface area (TPSA) is 93.6 Å². The Balaban J connectivity index is 1.79. The van der Waals surface area contributed by atoms with Gasteiger partial charge >= 0.3 is 6.36 Å². The number of amides is 2. The lowest BCUT2D eigenvalue weighted by atomic mass is 9.88. The van der Waals surface area contributed by atoms with Gasteiger partial charge in [0, 0.05) is 24.0 Å². The van der Waals surface area contributed by atoms with Crippen molar-refractivity contribution in [2.75, 3.05) is 4.90 Å². The Bertz CT molecular complexity index is 1140. The molecule has 2 amide bonds. The average molecular weight is 535 g/mol. The standard InChI is InChI=1S/C22H20ClF5N4O4/c1-21(11-8-29-10-30-9-11,20(34)31-15-7-12-3-5-17(15)35-12)32(19(33)18(23)25)16-4-2-13(6-14(16)24)36-22(26,27)28/h2,4,6,8-10,12,15,17-18H,3,5,7H2,1H3,(H,31,34)/t12-,15+,17+,18-,21+/m0/s1. The summed E-state index contributed by atoms with van der Waals surface area (Å²) in [7, 11) is 0. The zero-order valence-corrected chi connectivity index (χ0v) is 19.4. The molecule has 14 heteroatoms. The van der Waals surface area contributed by atoms with Gasteiger partial charge in [-0.05, 0) is 38.3 Å². The molecule has 3 heterocycles. The molecule has 1 aromatic heterocycles. The van der Waals surface area contributed by atoms with E-state index in [-0.39, 0.29) is 17.8 Å². The normalized spacial score (nSPS) is 23.6. The molecule has 0 saturated carbocycles. The zero-order chi connectivity index (χ0) is 26.3. The van der Waals surface area contributed by atoms with Gasteiger partial charge in [-0.15, -0.1) is 13.2 Å². The van der Waals surface area contributed by atoms with E-state index in [4.69, 9.17) is 16.3 Å². The lowest BCUT2D eigenvalue weighted by Crippen LogP contribution is -2.60. The first-order chi connectivity index (χ1) is 16.9. The van der Waals surface area contributed by atoms with E-state index in [1.807, 2.05) is 0 Å². The molecule has 1 N–H and O–H groups in total. The SMILES string of the molecule is C[C@](C(=O)N[C@@H]1C[C@@H]2CC[C@H]1O2)(c1cncnc1)N(C(=O)[C@H](F)Cl)c1ccc(OC(F)(F)F)cc1F. The highest BCUT2D eigenvalue weighted by Gasteiger charge is 2.50. The van der Waals surface area contributed by atoms with Gasteiger partial charge in [0.05, 0.1) is 23.9 Å². The van der Waals surface area contributed by atoms with Gasteiger partial charge in [0.25, 0.3) is 17.4 Å². The molecule has 0 radical (unpaired) electrons. The number of fused-ring (bicyclic) bond motifs is 2. The zero-order valence-electron chi connectivity index (χ0n) is 18.6. The monoisotopic (exact) mass is 534 g/mol. The molecule has 0 spiro atoms. The van der Waals surface area contributed by atoms with Crippen LogP contribution >= 0.6 is 11.6 Å². The van der Waals surface area contributed by atoms with Crippen LogP contribution in [0.3, 0.4) is 0 Å². The van der Waals surface area contributed by atoms with Crippen LogP contribution in [0.5, 0.6) is 5.75 Å². The fourth-order valence-electron chi connectivity index (χ4n) is 4.55. The quantitative estimate of drug-likeness (QED) is 0.430. The van der Waals surface area contributed by atoms with E-state index in [1.165, 1.54) is 19.3 Å². The first-order valence-electron chi connectivity index (χ1n) is 10.8. The highest BCUT2D eigenvalue weighted by atomic mass is 35.5. The second kappa shape index (κ2) is 9.77. The summed E-state index contributed by atoms with van der Waals surface area (Å²) in [5.74, 6) is -4.71. The molecule has 5 atom stereocenters. The van der Waals surface area contributed by atoms with Crippen molar-refractivity contribution in [1.82, 2.24) is 15.3 Å². The van der Waals surface area contributed by atoms with Gasteiger partial charge in [0.15, 0.2) is 11.4 Å². The van der Waals surface area contributed by atoms with Crippen molar-refractivity contribution in [2.24, 2.45) is 0 Å². The molecule has 0 unspecified atom stereocenters. The molecule has 194 valence electrons. The number of halogens is 6. The maximum absolute atomic E-state index is 15.1. The van der Waals surface area contributed by atoms with Crippen LogP contribution < -0.4 is 15.0 Å². The molecule has 4 rings (SSSR count). The number of aromatic nitrogens is 2. The van der Waals surface area contributed by atoms with Gasteiger partial charge < -0.3 is 14.8 Å². The van der Waals surface area contributed by atoms with Crippen molar-refractivity contribution in [3.8, 4) is 5.75 Å². The summed E-state index contributed by atoms with van der Waals surface area (Å²) in [6, 6.07) is 1.40. The number of alkyl halides is 5. The summed E-state index contributed by atoms with van der Waals surface area (Å²) in [5, 5.41) is 2.78. The van der Waals surface area contributed by atoms with Gasteiger partial charge in [0.1, 0.15) is 12.1 Å². The van der Waals surface area contributed by atoms with Crippen LogP contribution in [-0.2, 0) is 19.9 Å². The maximum atomic E-state index is 15.1. The molecule has 1 aromatic carbocycles. The minimum Gasteiger partial charge on any atom is -0.406 e. The average Bonchev–Trinajstić information content (AvgIpc) is 3.43. The number of carbonyl (C=O) groups excluding carboxylic acids is 2. The number of anilines is 1. The number of benzene rings is 1. The van der Waals surface area contributed by atoms with Crippen LogP contribution in [0.1, 0.15) is 31.7 Å². The molecule has 2 bridgehead atoms. The summed E-state index contributed by atoms with van der Waals surface area (Å²) in [6.07, 6.45) is 0.104. The first kappa shape index (κ1) is 26.0. The van der Waals surface area contributed by atoms with Crippen LogP contribution in [0.4, 0.5) is 27.6 Å². The predicted molar refractivity (Wildman–Crippen MR) is 115 cm³/mol. The van der Waals surface area contributed by atoms with E-state index < -0.39 is 52.6 Å². The fraction of sp³-hybridized carbons (Fsp3) is 0.455. The molecule has 0 aliphatic carbocycles. The molecule has 8 nitrogen and oxygen atoms in total. The smallest absolute Gasteiger partial charge is 0.406 e. The molecule has 2 saturated heterocycles. The minimum absolute atomic E-state index is 0.0349. The number of nitrogens with zero attached hydrogens (tertiary/aromatic N) is 3. The number of carbonyl (C=O) groups is 2. The summed E-state index contributed by atoms with van der Waals surface area (Å²) in [5.41, 5.74) is -5.65. The second-order valence-corrected chi connectivity index (χ2v) is 8.91. The molecule has 2 fully saturated rings. The van der Waals surface area contributed by atoms with E-state index in [0.29, 0.717) is 23.8 Å². The Labute approximate surface area is 206 Å². The summed E-state index contributed by atoms with van der Waals surface area (Å²) >= 11 is 5.43. The minimum atomic E-state index is -5.11. The fourth-order valence-corrected chi connectivity index (χ4v) is 4.65. The van der Waals surface area contributed by atoms with E-state index >= 15 is 4.39 Å². The Kier molecular flexibility index (Phi) is 7.06. The summed E-state index contributed by atoms with van der Waals surface area (Å²) in [6.45, 7) is 1.20. The first-order valence-corrected chi connectivity index (χ1v) is 11.2. The molecule has 2 aliphatic heterocycles. The van der Waals surface area contributed by atoms with Crippen LogP contribution in [0.15, 0.2) is 36.9 Å². The Morgan fingerprint density at radius 2 is 1.94 bits per heavy atom. The molecule has 2 aliphatic rings. The number of hydrogen-bond donors (Lipinski definition) is 1. The highest BCUT2D eigenvalue weighted by Crippen LogP contribution is 2.39. The van der Waals surface area contributed by atoms with Crippen molar-refractivity contribution in [3.05, 3.63) is 48.3 Å². The Morgan fingerprint density at radius 3 is 2.47 bits per heavy atom. The number of rotatable bonds is 7. The van der Waals surface area contributed by atoms with Gasteiger partial charge in [-0.25, -0.2) is 18.7 Å². The van der Waals surface area contributed by atoms with Crippen molar-refractivity contribution >= 4 is 29.1 Å². The molecule has 2 aromatic rings. The highest BCUT2D eigenvalue weighted by molar-refractivity contribution is 6.32. The van der Waals surface area contributed by atoms with E-state index in [0.717, 1.165) is 24.9 Å². The van der Waals surface area contributed by atoms with Gasteiger partial charge in [-0.1, -0.05) is 11.6 Å². The number of ether oxygens (including phenoxy) is 2. The van der Waals surface area contributed by atoms with Crippen LogP contribution in [0.25, 0.3) is 0 Å².